The molecule has 2 aliphatic rings. The molecule has 1 aromatic rings. The van der Waals surface area contributed by atoms with Crippen LogP contribution < -0.4 is 10.1 Å². The maximum absolute atomic E-state index is 12.5. The zero-order valence-corrected chi connectivity index (χ0v) is 15.4. The fourth-order valence-electron chi connectivity index (χ4n) is 3.69. The van der Waals surface area contributed by atoms with Crippen molar-refractivity contribution in [2.24, 2.45) is 5.92 Å². The summed E-state index contributed by atoms with van der Waals surface area (Å²) < 4.78 is 5.21. The number of nitrogens with zero attached hydrogens (tertiary/aromatic N) is 1. The van der Waals surface area contributed by atoms with Crippen molar-refractivity contribution in [3.05, 3.63) is 42.0 Å². The Morgan fingerprint density at radius 3 is 2.69 bits per heavy atom. The van der Waals surface area contributed by atoms with Gasteiger partial charge >= 0.3 is 0 Å². The lowest BCUT2D eigenvalue weighted by molar-refractivity contribution is -0.131. The molecule has 26 heavy (non-hydrogen) atoms. The predicted molar refractivity (Wildman–Crippen MR) is 101 cm³/mol. The van der Waals surface area contributed by atoms with Gasteiger partial charge in [-0.25, -0.2) is 0 Å². The average Bonchev–Trinajstić information content (AvgIpc) is 2.69. The summed E-state index contributed by atoms with van der Waals surface area (Å²) in [4.78, 5) is 26.8. The summed E-state index contributed by atoms with van der Waals surface area (Å²) in [6.45, 7) is 1.41. The van der Waals surface area contributed by atoms with E-state index >= 15 is 0 Å². The Morgan fingerprint density at radius 1 is 1.19 bits per heavy atom. The van der Waals surface area contributed by atoms with Gasteiger partial charge in [0, 0.05) is 25.0 Å². The SMILES string of the molecule is COc1cccc(CC(=O)N2CCC(NC(=O)C3CC=CCC3)CC2)c1. The molecule has 1 fully saturated rings. The molecule has 1 saturated heterocycles. The molecule has 1 heterocycles. The molecule has 0 bridgehead atoms. The Morgan fingerprint density at radius 2 is 2.00 bits per heavy atom. The number of carbonyl (C=O) groups is 2. The Bertz CT molecular complexity index is 663. The molecule has 140 valence electrons. The summed E-state index contributed by atoms with van der Waals surface area (Å²) >= 11 is 0. The lowest BCUT2D eigenvalue weighted by atomic mass is 9.93. The molecule has 3 rings (SSSR count). The first-order chi connectivity index (χ1) is 12.7. The van der Waals surface area contributed by atoms with E-state index in [4.69, 9.17) is 4.74 Å². The fourth-order valence-corrected chi connectivity index (χ4v) is 3.69. The lowest BCUT2D eigenvalue weighted by Crippen LogP contribution is -2.48. The first-order valence-corrected chi connectivity index (χ1v) is 9.52. The molecule has 1 unspecified atom stereocenters. The summed E-state index contributed by atoms with van der Waals surface area (Å²) in [6.07, 6.45) is 9.10. The van der Waals surface area contributed by atoms with E-state index in [1.165, 1.54) is 0 Å². The molecule has 1 N–H and O–H groups in total. The highest BCUT2D eigenvalue weighted by Crippen LogP contribution is 2.20. The number of likely N-dealkylation sites (tertiary alicyclic amines) is 1. The minimum absolute atomic E-state index is 0.118. The van der Waals surface area contributed by atoms with Gasteiger partial charge < -0.3 is 15.0 Å². The predicted octanol–water partition coefficient (Wildman–Crippen LogP) is 2.70. The number of benzene rings is 1. The van der Waals surface area contributed by atoms with Gasteiger partial charge in [0.15, 0.2) is 0 Å². The number of nitrogens with one attached hydrogen (secondary N) is 1. The summed E-state index contributed by atoms with van der Waals surface area (Å²) in [5, 5.41) is 3.19. The van der Waals surface area contributed by atoms with Crippen LogP contribution in [-0.4, -0.2) is 43.0 Å². The van der Waals surface area contributed by atoms with Gasteiger partial charge in [-0.05, 0) is 49.8 Å². The number of hydrogen-bond donors (Lipinski definition) is 1. The van der Waals surface area contributed by atoms with Crippen LogP contribution in [0, 0.1) is 5.92 Å². The molecule has 1 atom stereocenters. The van der Waals surface area contributed by atoms with Gasteiger partial charge in [-0.1, -0.05) is 24.3 Å². The van der Waals surface area contributed by atoms with Crippen LogP contribution in [0.4, 0.5) is 0 Å². The molecule has 0 aromatic heterocycles. The second kappa shape index (κ2) is 8.88. The molecular weight excluding hydrogens is 328 g/mol. The highest BCUT2D eigenvalue weighted by Gasteiger charge is 2.26. The van der Waals surface area contributed by atoms with Crippen molar-refractivity contribution in [1.29, 1.82) is 0 Å². The molecule has 0 saturated carbocycles. The third-order valence-corrected chi connectivity index (χ3v) is 5.32. The standard InChI is InChI=1S/C21H28N2O3/c1-26-19-9-5-6-16(14-19)15-20(24)23-12-10-18(11-13-23)22-21(25)17-7-3-2-4-8-17/h2-3,5-6,9,14,17-18H,4,7-8,10-13,15H2,1H3,(H,22,25). The normalized spacial score (nSPS) is 20.7. The number of carbonyl (C=O) groups excluding carboxylic acids is 2. The van der Waals surface area contributed by atoms with Crippen LogP contribution in [-0.2, 0) is 16.0 Å². The van der Waals surface area contributed by atoms with E-state index in [0.717, 1.165) is 43.4 Å². The van der Waals surface area contributed by atoms with Crippen LogP contribution in [0.15, 0.2) is 36.4 Å². The number of amides is 2. The van der Waals surface area contributed by atoms with Crippen molar-refractivity contribution in [2.45, 2.75) is 44.6 Å². The van der Waals surface area contributed by atoms with Crippen molar-refractivity contribution in [1.82, 2.24) is 10.2 Å². The Kier molecular flexibility index (Phi) is 6.31. The maximum Gasteiger partial charge on any atom is 0.226 e. The van der Waals surface area contributed by atoms with E-state index in [-0.39, 0.29) is 23.8 Å². The number of ether oxygens (including phenoxy) is 1. The van der Waals surface area contributed by atoms with Gasteiger partial charge in [0.2, 0.25) is 11.8 Å². The second-order valence-corrected chi connectivity index (χ2v) is 7.17. The quantitative estimate of drug-likeness (QED) is 0.825. The van der Waals surface area contributed by atoms with E-state index in [1.807, 2.05) is 29.2 Å². The van der Waals surface area contributed by atoms with Gasteiger partial charge in [0.05, 0.1) is 13.5 Å². The third-order valence-electron chi connectivity index (χ3n) is 5.32. The zero-order chi connectivity index (χ0) is 18.4. The molecule has 1 aromatic carbocycles. The van der Waals surface area contributed by atoms with E-state index in [0.29, 0.717) is 19.5 Å². The van der Waals surface area contributed by atoms with Crippen molar-refractivity contribution < 1.29 is 14.3 Å². The molecule has 0 spiro atoms. The summed E-state index contributed by atoms with van der Waals surface area (Å²) in [6, 6.07) is 7.83. The number of methoxy groups -OCH3 is 1. The van der Waals surface area contributed by atoms with Crippen molar-refractivity contribution >= 4 is 11.8 Å². The van der Waals surface area contributed by atoms with E-state index in [2.05, 4.69) is 17.5 Å². The third kappa shape index (κ3) is 4.87. The van der Waals surface area contributed by atoms with Crippen molar-refractivity contribution in [3.63, 3.8) is 0 Å². The van der Waals surface area contributed by atoms with Gasteiger partial charge in [-0.3, -0.25) is 9.59 Å². The van der Waals surface area contributed by atoms with Gasteiger partial charge in [0.25, 0.3) is 0 Å². The highest BCUT2D eigenvalue weighted by molar-refractivity contribution is 5.80. The maximum atomic E-state index is 12.5. The molecule has 1 aliphatic carbocycles. The smallest absolute Gasteiger partial charge is 0.226 e. The molecule has 5 heteroatoms. The Balaban J connectivity index is 1.44. The van der Waals surface area contributed by atoms with Gasteiger partial charge in [-0.15, -0.1) is 0 Å². The van der Waals surface area contributed by atoms with Crippen LogP contribution >= 0.6 is 0 Å². The minimum atomic E-state index is 0.118. The van der Waals surface area contributed by atoms with Crippen LogP contribution in [0.1, 0.15) is 37.7 Å². The highest BCUT2D eigenvalue weighted by atomic mass is 16.5. The van der Waals surface area contributed by atoms with Crippen molar-refractivity contribution in [2.75, 3.05) is 20.2 Å². The van der Waals surface area contributed by atoms with Crippen LogP contribution in [0.5, 0.6) is 5.75 Å². The second-order valence-electron chi connectivity index (χ2n) is 7.17. The van der Waals surface area contributed by atoms with Crippen LogP contribution in [0.2, 0.25) is 0 Å². The van der Waals surface area contributed by atoms with E-state index < -0.39 is 0 Å². The lowest BCUT2D eigenvalue weighted by Gasteiger charge is -2.33. The van der Waals surface area contributed by atoms with E-state index in [1.54, 1.807) is 7.11 Å². The van der Waals surface area contributed by atoms with Crippen molar-refractivity contribution in [3.8, 4) is 5.75 Å². The summed E-state index contributed by atoms with van der Waals surface area (Å²) in [5.41, 5.74) is 0.968. The summed E-state index contributed by atoms with van der Waals surface area (Å²) in [7, 11) is 1.63. The van der Waals surface area contributed by atoms with Crippen LogP contribution in [0.25, 0.3) is 0 Å². The van der Waals surface area contributed by atoms with Gasteiger partial charge in [-0.2, -0.15) is 0 Å². The molecule has 2 amide bonds. The monoisotopic (exact) mass is 356 g/mol. The van der Waals surface area contributed by atoms with Gasteiger partial charge in [0.1, 0.15) is 5.75 Å². The number of allylic oxidation sites excluding steroid dienone is 2. The molecule has 0 radical (unpaired) electrons. The minimum Gasteiger partial charge on any atom is -0.497 e. The topological polar surface area (TPSA) is 58.6 Å². The average molecular weight is 356 g/mol. The molecular formula is C21H28N2O3. The number of hydrogen-bond acceptors (Lipinski definition) is 3. The fraction of sp³-hybridized carbons (Fsp3) is 0.524. The molecule has 5 nitrogen and oxygen atoms in total. The number of rotatable bonds is 5. The first-order valence-electron chi connectivity index (χ1n) is 9.52. The van der Waals surface area contributed by atoms with Crippen LogP contribution in [0.3, 0.4) is 0 Å². The Labute approximate surface area is 155 Å². The number of piperidine rings is 1. The Hall–Kier alpha value is -2.30. The molecule has 1 aliphatic heterocycles. The first kappa shape index (κ1) is 18.5. The largest absolute Gasteiger partial charge is 0.497 e. The summed E-state index contributed by atoms with van der Waals surface area (Å²) in [5.74, 6) is 1.21. The van der Waals surface area contributed by atoms with E-state index in [9.17, 15) is 9.59 Å². The zero-order valence-electron chi connectivity index (χ0n) is 15.4.